The summed E-state index contributed by atoms with van der Waals surface area (Å²) in [5, 5.41) is 8.91. The summed E-state index contributed by atoms with van der Waals surface area (Å²) < 4.78 is 85.3. The smallest absolute Gasteiger partial charge is 0.417 e. The van der Waals surface area contributed by atoms with Crippen molar-refractivity contribution < 1.29 is 36.2 Å². The van der Waals surface area contributed by atoms with Gasteiger partial charge in [0, 0.05) is 29.3 Å². The van der Waals surface area contributed by atoms with Crippen LogP contribution in [0.15, 0.2) is 18.7 Å². The molecule has 0 spiro atoms. The van der Waals surface area contributed by atoms with E-state index in [-0.39, 0.29) is 62.7 Å². The number of hydrogen-bond donors (Lipinski definition) is 1. The third kappa shape index (κ3) is 5.86. The lowest BCUT2D eigenvalue weighted by Gasteiger charge is -2.42. The van der Waals surface area contributed by atoms with Crippen LogP contribution < -0.4 is 25.1 Å². The van der Waals surface area contributed by atoms with E-state index in [1.807, 2.05) is 0 Å². The van der Waals surface area contributed by atoms with Gasteiger partial charge in [-0.05, 0) is 51.8 Å². The van der Waals surface area contributed by atoms with Gasteiger partial charge < -0.3 is 20.1 Å². The number of nitrogens with two attached hydrogens (primary N) is 1. The molecule has 2 N–H and O–H groups in total. The number of methoxy groups -OCH3 is 1. The lowest BCUT2D eigenvalue weighted by atomic mass is 10.00. The SMILES string of the molecule is C=C/C(F)=c1/sc(N)c(C#N)/c1=C\c1c(C(F)(F)F)cc2c(N3CC4CCC(C3)N4C(=O)OC(C)(C)C)nc(OC)nc2c1F. The van der Waals surface area contributed by atoms with Gasteiger partial charge in [-0.3, -0.25) is 4.90 Å². The van der Waals surface area contributed by atoms with E-state index in [9.17, 15) is 27.6 Å². The number of fused-ring (bicyclic) bond motifs is 3. The highest BCUT2D eigenvalue weighted by Crippen LogP contribution is 2.41. The maximum absolute atomic E-state index is 16.4. The minimum atomic E-state index is -5.08. The first-order valence-corrected chi connectivity index (χ1v) is 14.6. The van der Waals surface area contributed by atoms with Gasteiger partial charge in [0.25, 0.3) is 0 Å². The van der Waals surface area contributed by atoms with E-state index in [1.54, 1.807) is 36.6 Å². The zero-order valence-electron chi connectivity index (χ0n) is 24.8. The normalized spacial score (nSPS) is 19.5. The van der Waals surface area contributed by atoms with Gasteiger partial charge in [-0.1, -0.05) is 6.58 Å². The number of ether oxygens (including phenoxy) is 2. The van der Waals surface area contributed by atoms with Crippen molar-refractivity contribution in [3.05, 3.63) is 51.0 Å². The second-order valence-electron chi connectivity index (χ2n) is 11.6. The molecule has 2 bridgehead atoms. The molecule has 0 radical (unpaired) electrons. The quantitative estimate of drug-likeness (QED) is 0.394. The number of aromatic nitrogens is 2. The highest BCUT2D eigenvalue weighted by molar-refractivity contribution is 7.14. The number of rotatable bonds is 4. The number of hydrogen-bond acceptors (Lipinski definition) is 9. The van der Waals surface area contributed by atoms with E-state index < -0.39 is 46.2 Å². The number of halogens is 5. The molecule has 2 aromatic heterocycles. The molecular weight excluding hydrogens is 619 g/mol. The van der Waals surface area contributed by atoms with Crippen LogP contribution in [-0.2, 0) is 10.9 Å². The fourth-order valence-corrected chi connectivity index (χ4v) is 6.66. The molecule has 3 aromatic rings. The zero-order valence-corrected chi connectivity index (χ0v) is 25.6. The monoisotopic (exact) mass is 648 g/mol. The molecule has 1 aromatic carbocycles. The summed E-state index contributed by atoms with van der Waals surface area (Å²) in [6, 6.07) is 1.54. The predicted octanol–water partition coefficient (Wildman–Crippen LogP) is 4.99. The maximum atomic E-state index is 16.4. The summed E-state index contributed by atoms with van der Waals surface area (Å²) in [6.07, 6.45) is -2.75. The fraction of sp³-hybridized carbons (Fsp3) is 0.400. The molecule has 2 aliphatic heterocycles. The average Bonchev–Trinajstić information content (AvgIpc) is 3.43. The molecule has 45 heavy (non-hydrogen) atoms. The number of amides is 1. The third-order valence-corrected chi connectivity index (χ3v) is 8.61. The number of allylic oxidation sites excluding steroid dienone is 1. The number of anilines is 2. The van der Waals surface area contributed by atoms with Crippen LogP contribution in [0, 0.1) is 17.1 Å². The number of alkyl halides is 3. The van der Waals surface area contributed by atoms with Crippen LogP contribution in [0.3, 0.4) is 0 Å². The Morgan fingerprint density at radius 2 is 1.87 bits per heavy atom. The molecule has 2 atom stereocenters. The number of thiophene rings is 1. The summed E-state index contributed by atoms with van der Waals surface area (Å²) in [6.45, 7) is 8.98. The Morgan fingerprint density at radius 1 is 1.22 bits per heavy atom. The van der Waals surface area contributed by atoms with Crippen LogP contribution in [-0.4, -0.2) is 58.8 Å². The largest absolute Gasteiger partial charge is 0.467 e. The number of nitrogen functional groups attached to an aromatic ring is 1. The van der Waals surface area contributed by atoms with Crippen molar-refractivity contribution in [1.82, 2.24) is 14.9 Å². The second kappa shape index (κ2) is 11.5. The number of piperazine rings is 1. The molecule has 2 aliphatic rings. The van der Waals surface area contributed by atoms with Crippen molar-refractivity contribution in [2.75, 3.05) is 30.8 Å². The molecule has 2 saturated heterocycles. The summed E-state index contributed by atoms with van der Waals surface area (Å²) in [7, 11) is 1.23. The number of nitrogens with zero attached hydrogens (tertiary/aromatic N) is 5. The predicted molar refractivity (Wildman–Crippen MR) is 159 cm³/mol. The van der Waals surface area contributed by atoms with Crippen molar-refractivity contribution in [2.45, 2.75) is 57.5 Å². The molecular formula is C30H29F5N6O3S. The molecule has 0 aliphatic carbocycles. The van der Waals surface area contributed by atoms with E-state index in [2.05, 4.69) is 16.5 Å². The summed E-state index contributed by atoms with van der Waals surface area (Å²) >= 11 is 0.627. The van der Waals surface area contributed by atoms with Crippen molar-refractivity contribution in [3.63, 3.8) is 0 Å². The van der Waals surface area contributed by atoms with Crippen LogP contribution in [0.4, 0.5) is 37.6 Å². The van der Waals surface area contributed by atoms with Gasteiger partial charge in [-0.2, -0.15) is 28.4 Å². The molecule has 1 amide bonds. The van der Waals surface area contributed by atoms with E-state index in [0.717, 1.165) is 18.2 Å². The Kier molecular flexibility index (Phi) is 8.15. The lowest BCUT2D eigenvalue weighted by molar-refractivity contribution is -0.137. The molecule has 2 unspecified atom stereocenters. The van der Waals surface area contributed by atoms with E-state index in [0.29, 0.717) is 24.2 Å². The number of nitriles is 1. The molecule has 15 heteroatoms. The first kappa shape index (κ1) is 32.0. The van der Waals surface area contributed by atoms with Crippen LogP contribution in [0.2, 0.25) is 0 Å². The fourth-order valence-electron chi connectivity index (χ4n) is 5.73. The van der Waals surface area contributed by atoms with Crippen LogP contribution >= 0.6 is 11.3 Å². The highest BCUT2D eigenvalue weighted by atomic mass is 32.1. The Bertz CT molecular complexity index is 1860. The number of carbonyl (C=O) groups excluding carboxylic acids is 1. The molecule has 4 heterocycles. The maximum Gasteiger partial charge on any atom is 0.417 e. The van der Waals surface area contributed by atoms with Gasteiger partial charge in [0.2, 0.25) is 0 Å². The van der Waals surface area contributed by atoms with Crippen LogP contribution in [0.5, 0.6) is 6.01 Å². The van der Waals surface area contributed by atoms with Gasteiger partial charge >= 0.3 is 18.3 Å². The second-order valence-corrected chi connectivity index (χ2v) is 12.7. The summed E-state index contributed by atoms with van der Waals surface area (Å²) in [4.78, 5) is 24.7. The summed E-state index contributed by atoms with van der Waals surface area (Å²) in [5.41, 5.74) is 1.98. The van der Waals surface area contributed by atoms with Gasteiger partial charge in [0.15, 0.2) is 5.82 Å². The zero-order chi connectivity index (χ0) is 33.0. The molecule has 2 fully saturated rings. The first-order valence-electron chi connectivity index (χ1n) is 13.8. The highest BCUT2D eigenvalue weighted by Gasteiger charge is 2.45. The Balaban J connectivity index is 1.72. The molecule has 5 rings (SSSR count). The van der Waals surface area contributed by atoms with Crippen molar-refractivity contribution >= 4 is 51.1 Å². The van der Waals surface area contributed by atoms with Gasteiger partial charge in [-0.15, -0.1) is 11.3 Å². The Labute approximate surface area is 258 Å². The minimum absolute atomic E-state index is 0.00208. The van der Waals surface area contributed by atoms with Crippen LogP contribution in [0.1, 0.15) is 50.3 Å². The van der Waals surface area contributed by atoms with E-state index in [4.69, 9.17) is 15.2 Å². The van der Waals surface area contributed by atoms with Crippen LogP contribution in [0.25, 0.3) is 22.8 Å². The van der Waals surface area contributed by atoms with Gasteiger partial charge in [-0.25, -0.2) is 13.6 Å². The first-order chi connectivity index (χ1) is 21.1. The van der Waals surface area contributed by atoms with Crippen molar-refractivity contribution in [2.24, 2.45) is 0 Å². The molecule has 9 nitrogen and oxygen atoms in total. The number of carbonyl (C=O) groups is 1. The minimum Gasteiger partial charge on any atom is -0.467 e. The Hall–Kier alpha value is -4.45. The topological polar surface area (TPSA) is 118 Å². The summed E-state index contributed by atoms with van der Waals surface area (Å²) in [5.74, 6) is -2.32. The van der Waals surface area contributed by atoms with Crippen molar-refractivity contribution in [1.29, 1.82) is 5.26 Å². The standard InChI is InChI=1S/C30H29F5N6O3S/c1-6-21(31)24-16(19(11-36)25(37)45-24)9-17-20(30(33,34)35)10-18-23(22(17)32)38-27(43-5)39-26(18)40-12-14-7-8-15(13-40)41(14)28(42)44-29(2,3)4/h6,9-10,14-15H,1,7-8,12-13,37H2,2-5H3/b16-9+,24-21-. The van der Waals surface area contributed by atoms with Crippen molar-refractivity contribution in [3.8, 4) is 12.1 Å². The third-order valence-electron chi connectivity index (χ3n) is 7.57. The number of benzene rings is 1. The molecule has 0 saturated carbocycles. The van der Waals surface area contributed by atoms with E-state index >= 15 is 4.39 Å². The van der Waals surface area contributed by atoms with E-state index in [1.165, 1.54) is 7.11 Å². The lowest BCUT2D eigenvalue weighted by Crippen LogP contribution is -2.57. The van der Waals surface area contributed by atoms with Gasteiger partial charge in [0.05, 0.1) is 34.9 Å². The van der Waals surface area contributed by atoms with Gasteiger partial charge in [0.1, 0.15) is 33.8 Å². The Morgan fingerprint density at radius 3 is 2.40 bits per heavy atom. The average molecular weight is 649 g/mol. The molecule has 238 valence electrons.